The van der Waals surface area contributed by atoms with E-state index in [2.05, 4.69) is 20.8 Å². The second-order valence-corrected chi connectivity index (χ2v) is 8.06. The summed E-state index contributed by atoms with van der Waals surface area (Å²) < 4.78 is 5.89. The Morgan fingerprint density at radius 3 is 2.28 bits per heavy atom. The maximum absolute atomic E-state index is 6.26. The summed E-state index contributed by atoms with van der Waals surface area (Å²) in [5, 5.41) is 1.39. The number of rotatable bonds is 9. The van der Waals surface area contributed by atoms with Crippen molar-refractivity contribution in [2.45, 2.75) is 46.5 Å². The molecular weight excluding hydrogens is 351 g/mol. The van der Waals surface area contributed by atoms with Gasteiger partial charge >= 0.3 is 0 Å². The molecule has 2 rings (SSSR count). The van der Waals surface area contributed by atoms with E-state index >= 15 is 0 Å². The standard InChI is InChI=1S/C22H28Cl2O/c1-16(2)5-4-6-17(3)13-14-25-20-10-7-18(8-11-20)21-15-19(23)9-12-22(21)24/h7-12,15-17H,4-6,13-14H2,1-3H3. The van der Waals surface area contributed by atoms with Crippen molar-refractivity contribution >= 4 is 23.2 Å². The highest BCUT2D eigenvalue weighted by Crippen LogP contribution is 2.31. The molecule has 0 saturated carbocycles. The van der Waals surface area contributed by atoms with Gasteiger partial charge in [0.05, 0.1) is 6.61 Å². The Bertz CT molecular complexity index is 650. The van der Waals surface area contributed by atoms with E-state index in [1.807, 2.05) is 36.4 Å². The molecule has 1 nitrogen and oxygen atoms in total. The lowest BCUT2D eigenvalue weighted by atomic mass is 9.98. The van der Waals surface area contributed by atoms with Crippen LogP contribution in [0, 0.1) is 11.8 Å². The van der Waals surface area contributed by atoms with Gasteiger partial charge in [-0.3, -0.25) is 0 Å². The van der Waals surface area contributed by atoms with Crippen molar-refractivity contribution in [3.8, 4) is 16.9 Å². The molecule has 0 aliphatic carbocycles. The fraction of sp³-hybridized carbons (Fsp3) is 0.455. The van der Waals surface area contributed by atoms with Crippen LogP contribution in [0.4, 0.5) is 0 Å². The van der Waals surface area contributed by atoms with E-state index < -0.39 is 0 Å². The van der Waals surface area contributed by atoms with Gasteiger partial charge in [-0.15, -0.1) is 0 Å². The molecule has 0 radical (unpaired) electrons. The topological polar surface area (TPSA) is 9.23 Å². The first-order chi connectivity index (χ1) is 12.0. The fourth-order valence-corrected chi connectivity index (χ4v) is 3.25. The van der Waals surface area contributed by atoms with E-state index in [-0.39, 0.29) is 0 Å². The lowest BCUT2D eigenvalue weighted by molar-refractivity contribution is 0.276. The van der Waals surface area contributed by atoms with Crippen molar-refractivity contribution in [2.24, 2.45) is 11.8 Å². The number of benzene rings is 2. The van der Waals surface area contributed by atoms with E-state index in [0.717, 1.165) is 35.8 Å². The van der Waals surface area contributed by atoms with E-state index in [9.17, 15) is 0 Å². The Morgan fingerprint density at radius 2 is 1.60 bits per heavy atom. The molecule has 0 aliphatic rings. The summed E-state index contributed by atoms with van der Waals surface area (Å²) >= 11 is 12.3. The monoisotopic (exact) mass is 378 g/mol. The molecule has 3 heteroatoms. The lowest BCUT2D eigenvalue weighted by Gasteiger charge is -2.13. The minimum atomic E-state index is 0.686. The average Bonchev–Trinajstić information content (AvgIpc) is 2.57. The van der Waals surface area contributed by atoms with Crippen LogP contribution in [0.3, 0.4) is 0 Å². The largest absolute Gasteiger partial charge is 0.494 e. The van der Waals surface area contributed by atoms with Gasteiger partial charge in [0.25, 0.3) is 0 Å². The van der Waals surface area contributed by atoms with Gasteiger partial charge < -0.3 is 4.74 Å². The van der Waals surface area contributed by atoms with Crippen LogP contribution in [0.25, 0.3) is 11.1 Å². The summed E-state index contributed by atoms with van der Waals surface area (Å²) in [6.45, 7) is 7.65. The van der Waals surface area contributed by atoms with Gasteiger partial charge in [0, 0.05) is 15.6 Å². The van der Waals surface area contributed by atoms with Crippen LogP contribution in [0.1, 0.15) is 46.5 Å². The zero-order valence-corrected chi connectivity index (χ0v) is 16.9. The Hall–Kier alpha value is -1.18. The van der Waals surface area contributed by atoms with Crippen molar-refractivity contribution in [2.75, 3.05) is 6.61 Å². The third-order valence-electron chi connectivity index (χ3n) is 4.45. The first-order valence-corrected chi connectivity index (χ1v) is 9.89. The summed E-state index contributed by atoms with van der Waals surface area (Å²) in [6.07, 6.45) is 5.01. The van der Waals surface area contributed by atoms with Crippen molar-refractivity contribution in [3.63, 3.8) is 0 Å². The van der Waals surface area contributed by atoms with Gasteiger partial charge in [-0.1, -0.05) is 75.4 Å². The minimum absolute atomic E-state index is 0.686. The van der Waals surface area contributed by atoms with Crippen LogP contribution >= 0.6 is 23.2 Å². The van der Waals surface area contributed by atoms with Gasteiger partial charge in [-0.2, -0.15) is 0 Å². The molecule has 0 fully saturated rings. The Kier molecular flexibility index (Phi) is 8.12. The SMILES string of the molecule is CC(C)CCCC(C)CCOc1ccc(-c2cc(Cl)ccc2Cl)cc1. The molecule has 0 saturated heterocycles. The van der Waals surface area contributed by atoms with Crippen molar-refractivity contribution in [3.05, 3.63) is 52.5 Å². The second-order valence-electron chi connectivity index (χ2n) is 7.22. The molecule has 1 atom stereocenters. The minimum Gasteiger partial charge on any atom is -0.494 e. The van der Waals surface area contributed by atoms with Gasteiger partial charge in [-0.05, 0) is 54.2 Å². The highest BCUT2D eigenvalue weighted by atomic mass is 35.5. The maximum atomic E-state index is 6.26. The van der Waals surface area contributed by atoms with Gasteiger partial charge in [-0.25, -0.2) is 0 Å². The number of hydrogen-bond donors (Lipinski definition) is 0. The molecule has 0 aromatic heterocycles. The third-order valence-corrected chi connectivity index (χ3v) is 5.02. The fourth-order valence-electron chi connectivity index (χ4n) is 2.85. The molecule has 2 aromatic carbocycles. The number of halogens is 2. The summed E-state index contributed by atoms with van der Waals surface area (Å²) in [6, 6.07) is 13.6. The van der Waals surface area contributed by atoms with Crippen LogP contribution in [-0.2, 0) is 0 Å². The summed E-state index contributed by atoms with van der Waals surface area (Å²) in [5.74, 6) is 2.41. The molecule has 2 aromatic rings. The Balaban J connectivity index is 1.81. The molecule has 136 valence electrons. The third kappa shape index (κ3) is 6.92. The van der Waals surface area contributed by atoms with Crippen LogP contribution in [0.2, 0.25) is 10.0 Å². The van der Waals surface area contributed by atoms with E-state index in [1.54, 1.807) is 6.07 Å². The first-order valence-electron chi connectivity index (χ1n) is 9.14. The van der Waals surface area contributed by atoms with Crippen molar-refractivity contribution < 1.29 is 4.74 Å². The zero-order valence-electron chi connectivity index (χ0n) is 15.4. The van der Waals surface area contributed by atoms with E-state index in [4.69, 9.17) is 27.9 Å². The summed E-state index contributed by atoms with van der Waals surface area (Å²) in [5.41, 5.74) is 1.99. The van der Waals surface area contributed by atoms with Crippen LogP contribution < -0.4 is 4.74 Å². The van der Waals surface area contributed by atoms with E-state index in [0.29, 0.717) is 16.0 Å². The zero-order chi connectivity index (χ0) is 18.2. The Labute approximate surface area is 162 Å². The maximum Gasteiger partial charge on any atom is 0.119 e. The van der Waals surface area contributed by atoms with Crippen molar-refractivity contribution in [1.82, 2.24) is 0 Å². The summed E-state index contributed by atoms with van der Waals surface area (Å²) in [7, 11) is 0. The molecule has 0 N–H and O–H groups in total. The molecular formula is C22H28Cl2O. The van der Waals surface area contributed by atoms with Crippen LogP contribution in [0.15, 0.2) is 42.5 Å². The molecule has 1 unspecified atom stereocenters. The molecule has 25 heavy (non-hydrogen) atoms. The van der Waals surface area contributed by atoms with Gasteiger partial charge in [0.1, 0.15) is 5.75 Å². The average molecular weight is 379 g/mol. The smallest absolute Gasteiger partial charge is 0.119 e. The quantitative estimate of drug-likeness (QED) is 0.430. The van der Waals surface area contributed by atoms with Crippen LogP contribution in [0.5, 0.6) is 5.75 Å². The summed E-state index contributed by atoms with van der Waals surface area (Å²) in [4.78, 5) is 0. The highest BCUT2D eigenvalue weighted by molar-refractivity contribution is 6.35. The highest BCUT2D eigenvalue weighted by Gasteiger charge is 2.06. The predicted octanol–water partition coefficient (Wildman–Crippen LogP) is 7.89. The molecule has 0 amide bonds. The molecule has 0 bridgehead atoms. The number of hydrogen-bond acceptors (Lipinski definition) is 1. The van der Waals surface area contributed by atoms with Gasteiger partial charge in [0.15, 0.2) is 0 Å². The molecule has 0 spiro atoms. The molecule has 0 aliphatic heterocycles. The van der Waals surface area contributed by atoms with Crippen LogP contribution in [-0.4, -0.2) is 6.61 Å². The second kappa shape index (κ2) is 10.1. The van der Waals surface area contributed by atoms with E-state index in [1.165, 1.54) is 19.3 Å². The number of ether oxygens (including phenoxy) is 1. The molecule has 0 heterocycles. The van der Waals surface area contributed by atoms with Gasteiger partial charge in [0.2, 0.25) is 0 Å². The normalized spacial score (nSPS) is 12.4. The first kappa shape index (κ1) is 20.1. The Morgan fingerprint density at radius 1 is 0.880 bits per heavy atom. The van der Waals surface area contributed by atoms with Crippen molar-refractivity contribution in [1.29, 1.82) is 0 Å². The predicted molar refractivity (Wildman–Crippen MR) is 110 cm³/mol. The lowest BCUT2D eigenvalue weighted by Crippen LogP contribution is -2.04.